The molecule has 1 N–H and O–H groups in total. The molecule has 0 amide bonds. The molecule has 27 heavy (non-hydrogen) atoms. The number of likely N-dealkylation sites (tertiary alicyclic amines) is 1. The van der Waals surface area contributed by atoms with Crippen molar-refractivity contribution in [3.05, 3.63) is 41.8 Å². The molecule has 0 bridgehead atoms. The average Bonchev–Trinajstić information content (AvgIpc) is 3.09. The lowest BCUT2D eigenvalue weighted by Gasteiger charge is -2.36. The van der Waals surface area contributed by atoms with Crippen LogP contribution in [0.4, 0.5) is 4.39 Å². The minimum absolute atomic E-state index is 0.0563. The topological polar surface area (TPSA) is 83.6 Å². The van der Waals surface area contributed by atoms with Crippen molar-refractivity contribution < 1.29 is 23.6 Å². The lowest BCUT2D eigenvalue weighted by molar-refractivity contribution is -0.147. The van der Waals surface area contributed by atoms with Gasteiger partial charge in [0.05, 0.1) is 5.92 Å². The molecular weight excluding hydrogens is 351 g/mol. The zero-order chi connectivity index (χ0) is 19.2. The Morgan fingerprint density at radius 2 is 1.85 bits per heavy atom. The summed E-state index contributed by atoms with van der Waals surface area (Å²) in [5, 5.41) is 12.7. The Morgan fingerprint density at radius 1 is 1.15 bits per heavy atom. The highest BCUT2D eigenvalue weighted by atomic mass is 19.1. The molecule has 2 aromatic rings. The lowest BCUT2D eigenvalue weighted by atomic mass is 10.00. The average molecular weight is 374 g/mol. The van der Waals surface area contributed by atoms with Gasteiger partial charge in [0.2, 0.25) is 0 Å². The minimum Gasteiger partial charge on any atom is -0.481 e. The predicted molar refractivity (Wildman–Crippen MR) is 96.9 cm³/mol. The van der Waals surface area contributed by atoms with Crippen molar-refractivity contribution in [2.75, 3.05) is 19.6 Å². The van der Waals surface area contributed by atoms with Gasteiger partial charge in [-0.1, -0.05) is 18.0 Å². The van der Waals surface area contributed by atoms with E-state index in [-0.39, 0.29) is 17.5 Å². The molecule has 0 aliphatic carbocycles. The standard InChI is InChI=1S/C20H23FN2O4/c21-16-8-6-14(7-9-16)19-11-17(22-27-19)18(24)5-3-1-2-4-10-23-12-15(13-23)20(25)26/h6-9,11,15H,1-5,10,12-13H2,(H,25,26). The minimum atomic E-state index is -0.708. The number of nitrogens with zero attached hydrogens (tertiary/aromatic N) is 2. The van der Waals surface area contributed by atoms with Crippen molar-refractivity contribution in [1.82, 2.24) is 10.1 Å². The molecule has 0 unspecified atom stereocenters. The Labute approximate surface area is 157 Å². The van der Waals surface area contributed by atoms with Crippen molar-refractivity contribution in [2.24, 2.45) is 5.92 Å². The second-order valence-corrected chi connectivity index (χ2v) is 6.97. The molecule has 1 aliphatic heterocycles. The van der Waals surface area contributed by atoms with Crippen LogP contribution in [0.5, 0.6) is 0 Å². The van der Waals surface area contributed by atoms with Gasteiger partial charge in [0.1, 0.15) is 11.5 Å². The largest absolute Gasteiger partial charge is 0.481 e. The number of halogens is 1. The SMILES string of the molecule is O=C(CCCCCCN1CC(C(=O)O)C1)c1cc(-c2ccc(F)cc2)on1. The summed E-state index contributed by atoms with van der Waals surface area (Å²) in [6.07, 6.45) is 4.18. The van der Waals surface area contributed by atoms with Crippen molar-refractivity contribution >= 4 is 11.8 Å². The van der Waals surface area contributed by atoms with Gasteiger partial charge >= 0.3 is 5.97 Å². The van der Waals surface area contributed by atoms with Gasteiger partial charge in [-0.3, -0.25) is 9.59 Å². The van der Waals surface area contributed by atoms with Crippen molar-refractivity contribution in [1.29, 1.82) is 0 Å². The molecule has 0 saturated carbocycles. The molecule has 1 aromatic carbocycles. The van der Waals surface area contributed by atoms with Gasteiger partial charge < -0.3 is 14.5 Å². The summed E-state index contributed by atoms with van der Waals surface area (Å²) in [6, 6.07) is 7.43. The van der Waals surface area contributed by atoms with E-state index in [0.717, 1.165) is 32.2 Å². The third kappa shape index (κ3) is 5.23. The van der Waals surface area contributed by atoms with E-state index in [1.807, 2.05) is 0 Å². The van der Waals surface area contributed by atoms with Crippen molar-refractivity contribution in [3.8, 4) is 11.3 Å². The summed E-state index contributed by atoms with van der Waals surface area (Å²) < 4.78 is 18.1. The lowest BCUT2D eigenvalue weighted by Crippen LogP contribution is -2.50. The second kappa shape index (κ2) is 8.90. The summed E-state index contributed by atoms with van der Waals surface area (Å²) in [5.74, 6) is -0.845. The first-order valence-electron chi connectivity index (χ1n) is 9.24. The predicted octanol–water partition coefficient (Wildman–Crippen LogP) is 3.63. The number of carboxylic acid groups (broad SMARTS) is 1. The van der Waals surface area contributed by atoms with Crippen LogP contribution in [0.2, 0.25) is 0 Å². The Morgan fingerprint density at radius 3 is 2.56 bits per heavy atom. The number of carboxylic acids is 1. The molecule has 0 atom stereocenters. The zero-order valence-electron chi connectivity index (χ0n) is 15.1. The van der Waals surface area contributed by atoms with Crippen LogP contribution in [0.1, 0.15) is 42.6 Å². The molecule has 3 rings (SSSR count). The van der Waals surface area contributed by atoms with Gasteiger partial charge in [0, 0.05) is 31.1 Å². The van der Waals surface area contributed by atoms with Gasteiger partial charge in [-0.05, 0) is 43.7 Å². The molecule has 2 heterocycles. The molecule has 144 valence electrons. The fourth-order valence-electron chi connectivity index (χ4n) is 3.17. The number of carbonyl (C=O) groups excluding carboxylic acids is 1. The maximum Gasteiger partial charge on any atom is 0.309 e. The van der Waals surface area contributed by atoms with Crippen LogP contribution >= 0.6 is 0 Å². The quantitative estimate of drug-likeness (QED) is 0.505. The maximum atomic E-state index is 13.0. The third-order valence-corrected chi connectivity index (χ3v) is 4.86. The highest BCUT2D eigenvalue weighted by Gasteiger charge is 2.31. The van der Waals surface area contributed by atoms with E-state index < -0.39 is 5.97 Å². The van der Waals surface area contributed by atoms with Crippen LogP contribution in [0.3, 0.4) is 0 Å². The van der Waals surface area contributed by atoms with Crippen LogP contribution in [-0.2, 0) is 4.79 Å². The number of Topliss-reactive ketones (excluding diaryl/α,β-unsaturated/α-hetero) is 1. The van der Waals surface area contributed by atoms with E-state index >= 15 is 0 Å². The normalized spacial score (nSPS) is 14.9. The summed E-state index contributed by atoms with van der Waals surface area (Å²) >= 11 is 0. The highest BCUT2D eigenvalue weighted by Crippen LogP contribution is 2.22. The molecular formula is C20H23FN2O4. The van der Waals surface area contributed by atoms with E-state index in [1.54, 1.807) is 18.2 Å². The van der Waals surface area contributed by atoms with Crippen LogP contribution in [-0.4, -0.2) is 46.5 Å². The monoisotopic (exact) mass is 374 g/mol. The van der Waals surface area contributed by atoms with Crippen LogP contribution in [0, 0.1) is 11.7 Å². The van der Waals surface area contributed by atoms with Gasteiger partial charge in [-0.2, -0.15) is 0 Å². The van der Waals surface area contributed by atoms with E-state index in [0.29, 0.717) is 36.5 Å². The molecule has 1 aliphatic rings. The number of hydrogen-bond donors (Lipinski definition) is 1. The molecule has 7 heteroatoms. The summed E-state index contributed by atoms with van der Waals surface area (Å²) in [5.41, 5.74) is 0.980. The number of benzene rings is 1. The van der Waals surface area contributed by atoms with Crippen molar-refractivity contribution in [2.45, 2.75) is 32.1 Å². The molecule has 1 fully saturated rings. The van der Waals surface area contributed by atoms with Crippen LogP contribution < -0.4 is 0 Å². The third-order valence-electron chi connectivity index (χ3n) is 4.86. The molecule has 0 spiro atoms. The van der Waals surface area contributed by atoms with Crippen LogP contribution in [0.25, 0.3) is 11.3 Å². The Bertz CT molecular complexity index is 782. The van der Waals surface area contributed by atoms with Crippen LogP contribution in [0.15, 0.2) is 34.9 Å². The molecule has 0 radical (unpaired) electrons. The number of unbranched alkanes of at least 4 members (excludes halogenated alkanes) is 3. The highest BCUT2D eigenvalue weighted by molar-refractivity contribution is 5.94. The molecule has 6 nitrogen and oxygen atoms in total. The number of rotatable bonds is 10. The number of hydrogen-bond acceptors (Lipinski definition) is 5. The smallest absolute Gasteiger partial charge is 0.309 e. The Hall–Kier alpha value is -2.54. The summed E-state index contributed by atoms with van der Waals surface area (Å²) in [7, 11) is 0. The number of carbonyl (C=O) groups is 2. The molecule has 1 aromatic heterocycles. The summed E-state index contributed by atoms with van der Waals surface area (Å²) in [4.78, 5) is 25.1. The van der Waals surface area contributed by atoms with E-state index in [4.69, 9.17) is 9.63 Å². The first-order chi connectivity index (χ1) is 13.0. The first kappa shape index (κ1) is 19.2. The van der Waals surface area contributed by atoms with Crippen molar-refractivity contribution in [3.63, 3.8) is 0 Å². The van der Waals surface area contributed by atoms with E-state index in [9.17, 15) is 14.0 Å². The Balaban J connectivity index is 1.32. The van der Waals surface area contributed by atoms with E-state index in [1.165, 1.54) is 12.1 Å². The van der Waals surface area contributed by atoms with E-state index in [2.05, 4.69) is 10.1 Å². The number of aromatic nitrogens is 1. The fraction of sp³-hybridized carbons (Fsp3) is 0.450. The van der Waals surface area contributed by atoms with Gasteiger partial charge in [0.15, 0.2) is 11.5 Å². The molecule has 1 saturated heterocycles. The zero-order valence-corrected chi connectivity index (χ0v) is 15.1. The summed E-state index contributed by atoms with van der Waals surface area (Å²) in [6.45, 7) is 2.22. The first-order valence-corrected chi connectivity index (χ1v) is 9.24. The second-order valence-electron chi connectivity index (χ2n) is 6.97. The Kier molecular flexibility index (Phi) is 6.34. The number of aliphatic carboxylic acids is 1. The van der Waals surface area contributed by atoms with Gasteiger partial charge in [-0.15, -0.1) is 0 Å². The number of ketones is 1. The van der Waals surface area contributed by atoms with Gasteiger partial charge in [0.25, 0.3) is 0 Å². The fourth-order valence-corrected chi connectivity index (χ4v) is 3.17. The van der Waals surface area contributed by atoms with Gasteiger partial charge in [-0.25, -0.2) is 4.39 Å². The maximum absolute atomic E-state index is 13.0.